The molecule has 1 N–H and O–H groups in total. The minimum absolute atomic E-state index is 0.169. The molecule has 0 amide bonds. The molecule has 1 fully saturated rings. The highest BCUT2D eigenvalue weighted by Crippen LogP contribution is 2.44. The van der Waals surface area contributed by atoms with E-state index in [1.165, 1.54) is 16.7 Å². The number of aliphatic hydroxyl groups excluding tert-OH is 1. The number of esters is 1. The number of unbranched alkanes of at least 4 members (excludes halogenated alkanes) is 1. The number of aryl methyl sites for hydroxylation is 1. The molecule has 7 heteroatoms. The van der Waals surface area contributed by atoms with Crippen molar-refractivity contribution in [3.8, 4) is 0 Å². The predicted octanol–water partition coefficient (Wildman–Crippen LogP) is 5.45. The van der Waals surface area contributed by atoms with Crippen LogP contribution in [0.1, 0.15) is 55.0 Å². The van der Waals surface area contributed by atoms with Gasteiger partial charge in [0.1, 0.15) is 0 Å². The van der Waals surface area contributed by atoms with Gasteiger partial charge in [-0.1, -0.05) is 96.2 Å². The Morgan fingerprint density at radius 1 is 0.951 bits per heavy atom. The van der Waals surface area contributed by atoms with Crippen LogP contribution in [0.5, 0.6) is 0 Å². The van der Waals surface area contributed by atoms with Crippen molar-refractivity contribution in [1.29, 1.82) is 0 Å². The Balaban J connectivity index is 1.48. The van der Waals surface area contributed by atoms with E-state index in [4.69, 9.17) is 4.74 Å². The van der Waals surface area contributed by atoms with E-state index >= 15 is 0 Å². The van der Waals surface area contributed by atoms with Crippen LogP contribution < -0.4 is 0 Å². The largest absolute Gasteiger partial charge is 0.466 e. The van der Waals surface area contributed by atoms with E-state index in [2.05, 4.69) is 106 Å². The van der Waals surface area contributed by atoms with Gasteiger partial charge in [0.05, 0.1) is 30.1 Å². The molecule has 5 rings (SSSR count). The van der Waals surface area contributed by atoms with E-state index in [-0.39, 0.29) is 5.97 Å². The summed E-state index contributed by atoms with van der Waals surface area (Å²) in [6.07, 6.45) is 5.73. The lowest BCUT2D eigenvalue weighted by molar-refractivity contribution is -0.143. The summed E-state index contributed by atoms with van der Waals surface area (Å²) in [4.78, 5) is 14.2. The average Bonchev–Trinajstić information content (AvgIpc) is 3.46. The van der Waals surface area contributed by atoms with Gasteiger partial charge < -0.3 is 9.84 Å². The van der Waals surface area contributed by atoms with Crippen LogP contribution in [0.15, 0.2) is 103 Å². The summed E-state index contributed by atoms with van der Waals surface area (Å²) in [7, 11) is 0. The van der Waals surface area contributed by atoms with Crippen LogP contribution in [-0.2, 0) is 21.6 Å². The molecular formula is C34H38N4O3. The van der Waals surface area contributed by atoms with Crippen molar-refractivity contribution in [2.45, 2.75) is 50.8 Å². The van der Waals surface area contributed by atoms with Crippen LogP contribution >= 0.6 is 0 Å². The van der Waals surface area contributed by atoms with Crippen LogP contribution in [-0.4, -0.2) is 56.8 Å². The Labute approximate surface area is 242 Å². The monoisotopic (exact) mass is 550 g/mol. The molecule has 1 saturated heterocycles. The number of benzene rings is 3. The molecule has 3 aromatic carbocycles. The summed E-state index contributed by atoms with van der Waals surface area (Å²) in [5.74, 6) is -0.169. The van der Waals surface area contributed by atoms with Crippen molar-refractivity contribution in [1.82, 2.24) is 19.9 Å². The fraction of sp³-hybridized carbons (Fsp3) is 0.324. The highest BCUT2D eigenvalue weighted by atomic mass is 16.5. The van der Waals surface area contributed by atoms with Crippen molar-refractivity contribution in [2.24, 2.45) is 0 Å². The first-order valence-corrected chi connectivity index (χ1v) is 14.5. The summed E-state index contributed by atoms with van der Waals surface area (Å²) in [6, 6.07) is 31.9. The molecule has 4 aromatic rings. The number of likely N-dealkylation sites (tertiary alicyclic amines) is 1. The zero-order valence-electron chi connectivity index (χ0n) is 23.6. The van der Waals surface area contributed by atoms with E-state index in [1.807, 2.05) is 17.7 Å². The van der Waals surface area contributed by atoms with Crippen molar-refractivity contribution in [3.63, 3.8) is 0 Å². The first-order valence-electron chi connectivity index (χ1n) is 14.5. The lowest BCUT2D eigenvalue weighted by Crippen LogP contribution is -2.52. The highest BCUT2D eigenvalue weighted by molar-refractivity contribution is 5.69. The first kappa shape index (κ1) is 28.5. The zero-order chi connectivity index (χ0) is 28.5. The Hall–Kier alpha value is -4.07. The van der Waals surface area contributed by atoms with Crippen molar-refractivity contribution < 1.29 is 14.6 Å². The molecule has 0 saturated carbocycles. The number of hydrogen-bond acceptors (Lipinski definition) is 6. The molecule has 1 aromatic heterocycles. The number of carbonyl (C=O) groups excluding carboxylic acids is 1. The number of rotatable bonds is 11. The van der Waals surface area contributed by atoms with Gasteiger partial charge in [0.2, 0.25) is 0 Å². The van der Waals surface area contributed by atoms with E-state index in [1.54, 1.807) is 6.20 Å². The third-order valence-corrected chi connectivity index (χ3v) is 7.81. The van der Waals surface area contributed by atoms with Crippen molar-refractivity contribution >= 4 is 12.0 Å². The maximum atomic E-state index is 11.7. The number of aromatic nitrogens is 3. The van der Waals surface area contributed by atoms with Gasteiger partial charge >= 0.3 is 5.97 Å². The van der Waals surface area contributed by atoms with Gasteiger partial charge in [0.15, 0.2) is 0 Å². The SMILES string of the molecule is CCOC(=O)CCCCn1nncc1C=C1CN(C(c2ccccc2)(c2ccccc2)c2ccccc2)CCC1O. The van der Waals surface area contributed by atoms with Gasteiger partial charge in [-0.25, -0.2) is 4.68 Å². The molecule has 2 heterocycles. The third-order valence-electron chi connectivity index (χ3n) is 7.81. The van der Waals surface area contributed by atoms with E-state index in [0.29, 0.717) is 32.5 Å². The Bertz CT molecular complexity index is 1320. The second-order valence-electron chi connectivity index (χ2n) is 10.4. The van der Waals surface area contributed by atoms with Crippen LogP contribution in [0.25, 0.3) is 6.08 Å². The fourth-order valence-electron chi connectivity index (χ4n) is 5.89. The molecule has 0 radical (unpaired) electrons. The highest BCUT2D eigenvalue weighted by Gasteiger charge is 2.44. The van der Waals surface area contributed by atoms with Gasteiger partial charge in [0.25, 0.3) is 0 Å². The summed E-state index contributed by atoms with van der Waals surface area (Å²) in [5, 5.41) is 19.6. The summed E-state index contributed by atoms with van der Waals surface area (Å²) < 4.78 is 6.88. The molecule has 0 spiro atoms. The number of ether oxygens (including phenoxy) is 1. The fourth-order valence-corrected chi connectivity index (χ4v) is 5.89. The second-order valence-corrected chi connectivity index (χ2v) is 10.4. The first-order chi connectivity index (χ1) is 20.1. The van der Waals surface area contributed by atoms with E-state index < -0.39 is 11.6 Å². The molecule has 0 bridgehead atoms. The van der Waals surface area contributed by atoms with Crippen molar-refractivity contribution in [3.05, 3.63) is 125 Å². The van der Waals surface area contributed by atoms with Crippen LogP contribution in [0, 0.1) is 0 Å². The summed E-state index contributed by atoms with van der Waals surface area (Å²) >= 11 is 0. The molecule has 1 unspecified atom stereocenters. The van der Waals surface area contributed by atoms with Gasteiger partial charge in [-0.3, -0.25) is 9.69 Å². The quantitative estimate of drug-likeness (QED) is 0.152. The number of carbonyl (C=O) groups is 1. The molecule has 1 atom stereocenters. The predicted molar refractivity (Wildman–Crippen MR) is 160 cm³/mol. The van der Waals surface area contributed by atoms with Gasteiger partial charge in [0, 0.05) is 26.1 Å². The lowest BCUT2D eigenvalue weighted by atomic mass is 9.74. The maximum absolute atomic E-state index is 11.7. The Morgan fingerprint density at radius 3 is 2.10 bits per heavy atom. The smallest absolute Gasteiger partial charge is 0.305 e. The molecular weight excluding hydrogens is 512 g/mol. The molecule has 41 heavy (non-hydrogen) atoms. The topological polar surface area (TPSA) is 80.5 Å². The van der Waals surface area contributed by atoms with Crippen LogP contribution in [0.2, 0.25) is 0 Å². The average molecular weight is 551 g/mol. The number of aliphatic hydroxyl groups is 1. The standard InChI is InChI=1S/C34H38N4O3/c1-2-41-33(40)20-12-13-22-38-31(25-35-36-38)24-27-26-37(23-21-32(27)39)34(28-14-6-3-7-15-28,29-16-8-4-9-17-29)30-18-10-5-11-19-30/h3-11,14-19,24-25,32,39H,2,12-13,20-23,26H2,1H3. The number of hydrogen-bond donors (Lipinski definition) is 1. The van der Waals surface area contributed by atoms with Gasteiger partial charge in [-0.05, 0) is 54.5 Å². The van der Waals surface area contributed by atoms with E-state index in [0.717, 1.165) is 30.7 Å². The van der Waals surface area contributed by atoms with Crippen molar-refractivity contribution in [2.75, 3.05) is 19.7 Å². The number of piperidine rings is 1. The normalized spacial score (nSPS) is 17.0. The third kappa shape index (κ3) is 6.32. The lowest BCUT2D eigenvalue weighted by Gasteiger charge is -2.48. The molecule has 1 aliphatic rings. The van der Waals surface area contributed by atoms with Crippen LogP contribution in [0.3, 0.4) is 0 Å². The molecule has 212 valence electrons. The van der Waals surface area contributed by atoms with Crippen LogP contribution in [0.4, 0.5) is 0 Å². The van der Waals surface area contributed by atoms with Gasteiger partial charge in [-0.2, -0.15) is 0 Å². The van der Waals surface area contributed by atoms with Gasteiger partial charge in [-0.15, -0.1) is 5.10 Å². The Kier molecular flexibility index (Phi) is 9.39. The Morgan fingerprint density at radius 2 is 1.54 bits per heavy atom. The minimum Gasteiger partial charge on any atom is -0.466 e. The van der Waals surface area contributed by atoms with E-state index in [9.17, 15) is 9.90 Å². The molecule has 0 aliphatic carbocycles. The zero-order valence-corrected chi connectivity index (χ0v) is 23.6. The molecule has 7 nitrogen and oxygen atoms in total. The number of nitrogens with zero attached hydrogens (tertiary/aromatic N) is 4. The minimum atomic E-state index is -0.557. The maximum Gasteiger partial charge on any atom is 0.305 e. The molecule has 1 aliphatic heterocycles. The summed E-state index contributed by atoms with van der Waals surface area (Å²) in [5.41, 5.74) is 4.78. The summed E-state index contributed by atoms with van der Waals surface area (Å²) in [6.45, 7) is 4.16. The second kappa shape index (κ2) is 13.5.